The summed E-state index contributed by atoms with van der Waals surface area (Å²) in [6, 6.07) is 6.99. The molecule has 0 saturated heterocycles. The Hall–Kier alpha value is -1.80. The molecular weight excluding hydrogens is 274 g/mol. The van der Waals surface area contributed by atoms with Gasteiger partial charge in [0.25, 0.3) is 0 Å². The average Bonchev–Trinajstić information content (AvgIpc) is 2.25. The molecule has 0 bridgehead atoms. The number of carboxylic acid groups (broad SMARTS) is 1. The molecule has 0 fully saturated rings. The lowest BCUT2D eigenvalue weighted by atomic mass is 10.2. The Morgan fingerprint density at radius 1 is 1.62 bits per heavy atom. The van der Waals surface area contributed by atoms with E-state index < -0.39 is 5.97 Å². The summed E-state index contributed by atoms with van der Waals surface area (Å²) in [5, 5.41) is 16.9. The van der Waals surface area contributed by atoms with Crippen LogP contribution in [0.1, 0.15) is 5.56 Å². The van der Waals surface area contributed by atoms with Crippen molar-refractivity contribution in [2.24, 2.45) is 0 Å². The van der Waals surface area contributed by atoms with Crippen LogP contribution in [0.25, 0.3) is 6.08 Å². The third-order valence-electron chi connectivity index (χ3n) is 1.67. The van der Waals surface area contributed by atoms with Crippen molar-refractivity contribution in [3.05, 3.63) is 34.3 Å². The van der Waals surface area contributed by atoms with Gasteiger partial charge < -0.3 is 9.84 Å². The molecule has 0 unspecified atom stereocenters. The summed E-state index contributed by atoms with van der Waals surface area (Å²) >= 11 is 3.27. The molecule has 4 nitrogen and oxygen atoms in total. The summed E-state index contributed by atoms with van der Waals surface area (Å²) in [4.78, 5) is 10.4. The number of nitriles is 1. The van der Waals surface area contributed by atoms with Crippen molar-refractivity contribution in [1.29, 1.82) is 5.26 Å². The van der Waals surface area contributed by atoms with E-state index in [0.29, 0.717) is 11.3 Å². The van der Waals surface area contributed by atoms with Gasteiger partial charge in [-0.1, -0.05) is 15.9 Å². The smallest absolute Gasteiger partial charge is 0.328 e. The number of hydrogen-bond acceptors (Lipinski definition) is 3. The predicted octanol–water partition coefficient (Wildman–Crippen LogP) is 2.45. The van der Waals surface area contributed by atoms with Crippen LogP contribution in [0.4, 0.5) is 0 Å². The number of rotatable bonds is 4. The zero-order valence-corrected chi connectivity index (χ0v) is 9.77. The summed E-state index contributed by atoms with van der Waals surface area (Å²) in [6.45, 7) is -0.0739. The number of carboxylic acids is 1. The average molecular weight is 282 g/mol. The number of halogens is 1. The van der Waals surface area contributed by atoms with Crippen LogP contribution < -0.4 is 4.74 Å². The predicted molar refractivity (Wildman–Crippen MR) is 61.9 cm³/mol. The maximum atomic E-state index is 10.4. The highest BCUT2D eigenvalue weighted by Gasteiger charge is 2.02. The number of ether oxygens (including phenoxy) is 1. The minimum absolute atomic E-state index is 0.0739. The van der Waals surface area contributed by atoms with E-state index in [1.807, 2.05) is 6.07 Å². The molecule has 0 saturated carbocycles. The lowest BCUT2D eigenvalue weighted by Crippen LogP contribution is -1.96. The molecule has 0 atom stereocenters. The van der Waals surface area contributed by atoms with Crippen LogP contribution in [-0.4, -0.2) is 17.7 Å². The second-order valence-electron chi connectivity index (χ2n) is 2.80. The Morgan fingerprint density at radius 2 is 2.38 bits per heavy atom. The number of hydrogen-bond donors (Lipinski definition) is 1. The highest BCUT2D eigenvalue weighted by Crippen LogP contribution is 2.24. The van der Waals surface area contributed by atoms with Gasteiger partial charge in [0.15, 0.2) is 6.61 Å². The van der Waals surface area contributed by atoms with Crippen LogP contribution in [0.3, 0.4) is 0 Å². The van der Waals surface area contributed by atoms with Crippen molar-refractivity contribution in [3.63, 3.8) is 0 Å². The minimum Gasteiger partial charge on any atom is -0.478 e. The number of nitrogens with zero attached hydrogens (tertiary/aromatic N) is 1. The largest absolute Gasteiger partial charge is 0.478 e. The van der Waals surface area contributed by atoms with Gasteiger partial charge in [-0.05, 0) is 24.3 Å². The monoisotopic (exact) mass is 281 g/mol. The number of aliphatic carboxylic acids is 1. The van der Waals surface area contributed by atoms with E-state index in [9.17, 15) is 4.79 Å². The molecule has 1 rings (SSSR count). The Balaban J connectivity index is 2.99. The molecule has 1 aromatic rings. The number of benzene rings is 1. The SMILES string of the molecule is N#CCOc1ccc(Br)cc1/C=C/C(=O)O. The van der Waals surface area contributed by atoms with E-state index in [4.69, 9.17) is 15.1 Å². The Bertz CT molecular complexity index is 463. The number of carbonyl (C=O) groups is 1. The van der Waals surface area contributed by atoms with Crippen molar-refractivity contribution in [3.8, 4) is 11.8 Å². The molecular formula is C11H8BrNO3. The summed E-state index contributed by atoms with van der Waals surface area (Å²) < 4.78 is 5.95. The zero-order chi connectivity index (χ0) is 12.0. The normalized spacial score (nSPS) is 10.0. The van der Waals surface area contributed by atoms with Gasteiger partial charge in [-0.15, -0.1) is 0 Å². The third kappa shape index (κ3) is 3.75. The molecule has 1 N–H and O–H groups in total. The summed E-state index contributed by atoms with van der Waals surface area (Å²) in [7, 11) is 0. The van der Waals surface area contributed by atoms with E-state index in [-0.39, 0.29) is 6.61 Å². The summed E-state index contributed by atoms with van der Waals surface area (Å²) in [6.07, 6.45) is 2.43. The molecule has 0 aliphatic rings. The maximum absolute atomic E-state index is 10.4. The lowest BCUT2D eigenvalue weighted by molar-refractivity contribution is -0.131. The Kier molecular flexibility index (Phi) is 4.55. The minimum atomic E-state index is -1.04. The van der Waals surface area contributed by atoms with Crippen molar-refractivity contribution >= 4 is 28.0 Å². The molecule has 0 spiro atoms. The molecule has 0 aromatic heterocycles. The van der Waals surface area contributed by atoms with Crippen LogP contribution in [0.15, 0.2) is 28.7 Å². The van der Waals surface area contributed by atoms with E-state index >= 15 is 0 Å². The van der Waals surface area contributed by atoms with Gasteiger partial charge in [0.2, 0.25) is 0 Å². The van der Waals surface area contributed by atoms with Crippen LogP contribution >= 0.6 is 15.9 Å². The highest BCUT2D eigenvalue weighted by atomic mass is 79.9. The summed E-state index contributed by atoms with van der Waals surface area (Å²) in [5.74, 6) is -0.562. The van der Waals surface area contributed by atoms with Crippen molar-refractivity contribution in [2.75, 3.05) is 6.61 Å². The second-order valence-corrected chi connectivity index (χ2v) is 3.72. The van der Waals surface area contributed by atoms with Gasteiger partial charge >= 0.3 is 5.97 Å². The molecule has 0 aliphatic heterocycles. The maximum Gasteiger partial charge on any atom is 0.328 e. The molecule has 0 heterocycles. The fraction of sp³-hybridized carbons (Fsp3) is 0.0909. The van der Waals surface area contributed by atoms with Gasteiger partial charge in [-0.2, -0.15) is 5.26 Å². The van der Waals surface area contributed by atoms with E-state index in [1.165, 1.54) is 6.08 Å². The van der Waals surface area contributed by atoms with Crippen LogP contribution in [0.5, 0.6) is 5.75 Å². The molecule has 0 aliphatic carbocycles. The standard InChI is InChI=1S/C11H8BrNO3/c12-9-2-3-10(16-6-5-13)8(7-9)1-4-11(14)15/h1-4,7H,6H2,(H,14,15)/b4-1+. The Morgan fingerprint density at radius 3 is 3.00 bits per heavy atom. The quantitative estimate of drug-likeness (QED) is 0.861. The molecule has 1 aromatic carbocycles. The van der Waals surface area contributed by atoms with Gasteiger partial charge in [0, 0.05) is 16.1 Å². The first-order chi connectivity index (χ1) is 7.63. The Labute approximate surface area is 101 Å². The first-order valence-corrected chi connectivity index (χ1v) is 5.13. The second kappa shape index (κ2) is 5.93. The highest BCUT2D eigenvalue weighted by molar-refractivity contribution is 9.10. The zero-order valence-electron chi connectivity index (χ0n) is 8.18. The van der Waals surface area contributed by atoms with E-state index in [0.717, 1.165) is 10.5 Å². The topological polar surface area (TPSA) is 70.3 Å². The summed E-state index contributed by atoms with van der Waals surface area (Å²) in [5.41, 5.74) is 0.604. The van der Waals surface area contributed by atoms with Crippen molar-refractivity contribution in [1.82, 2.24) is 0 Å². The van der Waals surface area contributed by atoms with Gasteiger partial charge in [-0.3, -0.25) is 0 Å². The van der Waals surface area contributed by atoms with E-state index in [1.54, 1.807) is 18.2 Å². The van der Waals surface area contributed by atoms with Gasteiger partial charge in [-0.25, -0.2) is 4.79 Å². The van der Waals surface area contributed by atoms with Gasteiger partial charge in [0.1, 0.15) is 11.8 Å². The fourth-order valence-electron chi connectivity index (χ4n) is 1.05. The lowest BCUT2D eigenvalue weighted by Gasteiger charge is -2.05. The van der Waals surface area contributed by atoms with Gasteiger partial charge in [0.05, 0.1) is 0 Å². The van der Waals surface area contributed by atoms with Crippen molar-refractivity contribution in [2.45, 2.75) is 0 Å². The molecule has 0 amide bonds. The fourth-order valence-corrected chi connectivity index (χ4v) is 1.43. The van der Waals surface area contributed by atoms with Crippen LogP contribution in [-0.2, 0) is 4.79 Å². The molecule has 16 heavy (non-hydrogen) atoms. The van der Waals surface area contributed by atoms with Crippen molar-refractivity contribution < 1.29 is 14.6 Å². The first kappa shape index (κ1) is 12.3. The first-order valence-electron chi connectivity index (χ1n) is 4.34. The van der Waals surface area contributed by atoms with Crippen LogP contribution in [0, 0.1) is 11.3 Å². The van der Waals surface area contributed by atoms with E-state index in [2.05, 4.69) is 15.9 Å². The third-order valence-corrected chi connectivity index (χ3v) is 2.16. The molecule has 5 heteroatoms. The molecule has 82 valence electrons. The van der Waals surface area contributed by atoms with Crippen LogP contribution in [0.2, 0.25) is 0 Å². The molecule has 0 radical (unpaired) electrons.